The van der Waals surface area contributed by atoms with Crippen molar-refractivity contribution < 1.29 is 4.79 Å². The summed E-state index contributed by atoms with van der Waals surface area (Å²) in [5.74, 6) is 0.145. The molecule has 25 heavy (non-hydrogen) atoms. The van der Waals surface area contributed by atoms with Crippen LogP contribution in [0.25, 0.3) is 0 Å². The van der Waals surface area contributed by atoms with Crippen LogP contribution in [0.5, 0.6) is 0 Å². The van der Waals surface area contributed by atoms with Crippen LogP contribution in [0.3, 0.4) is 0 Å². The van der Waals surface area contributed by atoms with Crippen molar-refractivity contribution in [1.82, 2.24) is 0 Å². The third-order valence-electron chi connectivity index (χ3n) is 5.27. The van der Waals surface area contributed by atoms with Crippen molar-refractivity contribution in [2.45, 2.75) is 25.8 Å². The summed E-state index contributed by atoms with van der Waals surface area (Å²) in [4.78, 5) is 15.5. The molecule has 0 aromatic heterocycles. The van der Waals surface area contributed by atoms with E-state index in [1.807, 2.05) is 47.4 Å². The monoisotopic (exact) mass is 327 g/mol. The Balaban J connectivity index is 1.86. The van der Waals surface area contributed by atoms with Crippen molar-refractivity contribution >= 4 is 11.6 Å². The van der Waals surface area contributed by atoms with Crippen molar-refractivity contribution in [3.8, 4) is 0 Å². The molecular formula is C23H21NO. The number of carbonyl (C=O) groups excluding carboxylic acids is 1. The molecule has 0 bridgehead atoms. The minimum absolute atomic E-state index is 0.145. The van der Waals surface area contributed by atoms with Gasteiger partial charge in [0.2, 0.25) is 5.91 Å². The van der Waals surface area contributed by atoms with Crippen LogP contribution in [0, 0.1) is 6.92 Å². The second-order valence-electron chi connectivity index (χ2n) is 6.83. The lowest BCUT2D eigenvalue weighted by molar-refractivity contribution is -0.121. The lowest BCUT2D eigenvalue weighted by Crippen LogP contribution is -2.39. The van der Waals surface area contributed by atoms with Gasteiger partial charge in [0.05, 0.1) is 12.0 Å². The van der Waals surface area contributed by atoms with E-state index in [1.165, 1.54) is 0 Å². The van der Waals surface area contributed by atoms with Crippen LogP contribution in [0.2, 0.25) is 0 Å². The average molecular weight is 327 g/mol. The van der Waals surface area contributed by atoms with E-state index in [0.29, 0.717) is 6.54 Å². The molecule has 0 saturated heterocycles. The summed E-state index contributed by atoms with van der Waals surface area (Å²) in [5.41, 5.74) is 4.83. The van der Waals surface area contributed by atoms with Gasteiger partial charge in [-0.05, 0) is 42.2 Å². The average Bonchev–Trinajstić information content (AvgIpc) is 2.86. The maximum atomic E-state index is 13.6. The minimum Gasteiger partial charge on any atom is -0.307 e. The summed E-state index contributed by atoms with van der Waals surface area (Å²) in [6.07, 6.45) is 0. The first kappa shape index (κ1) is 15.6. The van der Waals surface area contributed by atoms with E-state index in [0.717, 1.165) is 27.9 Å². The number of benzene rings is 3. The predicted octanol–water partition coefficient (Wildman–Crippen LogP) is 4.85. The zero-order valence-electron chi connectivity index (χ0n) is 14.6. The van der Waals surface area contributed by atoms with Crippen molar-refractivity contribution in [3.63, 3.8) is 0 Å². The van der Waals surface area contributed by atoms with Crippen LogP contribution in [0.4, 0.5) is 5.69 Å². The Bertz CT molecular complexity index is 932. The van der Waals surface area contributed by atoms with Gasteiger partial charge in [-0.2, -0.15) is 0 Å². The molecule has 1 aliphatic rings. The van der Waals surface area contributed by atoms with E-state index in [1.54, 1.807) is 0 Å². The Hall–Kier alpha value is -2.87. The molecular weight excluding hydrogens is 306 g/mol. The smallest absolute Gasteiger partial charge is 0.242 e. The Morgan fingerprint density at radius 3 is 2.12 bits per heavy atom. The lowest BCUT2D eigenvalue weighted by atomic mass is 9.75. The van der Waals surface area contributed by atoms with Crippen LogP contribution in [-0.4, -0.2) is 5.91 Å². The van der Waals surface area contributed by atoms with Gasteiger partial charge in [-0.15, -0.1) is 0 Å². The first-order chi connectivity index (χ1) is 12.1. The summed E-state index contributed by atoms with van der Waals surface area (Å²) < 4.78 is 0. The van der Waals surface area contributed by atoms with Crippen molar-refractivity contribution in [2.24, 2.45) is 0 Å². The zero-order chi connectivity index (χ0) is 17.4. The Morgan fingerprint density at radius 2 is 1.40 bits per heavy atom. The number of nitrogens with zero attached hydrogens (tertiary/aromatic N) is 1. The summed E-state index contributed by atoms with van der Waals surface area (Å²) in [7, 11) is 0. The van der Waals surface area contributed by atoms with Crippen LogP contribution in [0.1, 0.15) is 29.2 Å². The van der Waals surface area contributed by atoms with Gasteiger partial charge >= 0.3 is 0 Å². The van der Waals surface area contributed by atoms with Crippen LogP contribution in [0.15, 0.2) is 78.9 Å². The molecule has 0 aliphatic carbocycles. The van der Waals surface area contributed by atoms with Crippen LogP contribution >= 0.6 is 0 Å². The second kappa shape index (κ2) is 5.89. The first-order valence-electron chi connectivity index (χ1n) is 8.64. The molecule has 1 atom stereocenters. The highest BCUT2D eigenvalue weighted by molar-refractivity contribution is 6.10. The quantitative estimate of drug-likeness (QED) is 0.673. The molecule has 0 N–H and O–H groups in total. The van der Waals surface area contributed by atoms with E-state index in [9.17, 15) is 4.79 Å². The molecule has 3 aromatic rings. The molecule has 1 amide bonds. The highest BCUT2D eigenvalue weighted by Gasteiger charge is 2.48. The minimum atomic E-state index is -0.642. The van der Waals surface area contributed by atoms with Crippen molar-refractivity contribution in [1.29, 1.82) is 0 Å². The number of hydrogen-bond acceptors (Lipinski definition) is 1. The molecule has 1 heterocycles. The van der Waals surface area contributed by atoms with E-state index in [2.05, 4.69) is 50.2 Å². The molecule has 124 valence electrons. The fourth-order valence-electron chi connectivity index (χ4n) is 3.94. The Morgan fingerprint density at radius 1 is 0.800 bits per heavy atom. The SMILES string of the molecule is Cc1ccccc1C1(C)C(=O)N(Cc2ccccc2)c2ccccc21. The fraction of sp³-hybridized carbons (Fsp3) is 0.174. The van der Waals surface area contributed by atoms with Gasteiger partial charge in [0, 0.05) is 5.69 Å². The van der Waals surface area contributed by atoms with E-state index < -0.39 is 5.41 Å². The van der Waals surface area contributed by atoms with E-state index in [4.69, 9.17) is 0 Å². The van der Waals surface area contributed by atoms with E-state index >= 15 is 0 Å². The van der Waals surface area contributed by atoms with Gasteiger partial charge in [-0.3, -0.25) is 4.79 Å². The maximum absolute atomic E-state index is 13.6. The van der Waals surface area contributed by atoms with Crippen LogP contribution < -0.4 is 4.90 Å². The van der Waals surface area contributed by atoms with Gasteiger partial charge < -0.3 is 4.90 Å². The maximum Gasteiger partial charge on any atom is 0.242 e. The summed E-state index contributed by atoms with van der Waals surface area (Å²) in [5, 5.41) is 0. The molecule has 2 nitrogen and oxygen atoms in total. The molecule has 1 unspecified atom stereocenters. The molecule has 0 fully saturated rings. The second-order valence-corrected chi connectivity index (χ2v) is 6.83. The van der Waals surface area contributed by atoms with Gasteiger partial charge in [0.1, 0.15) is 0 Å². The van der Waals surface area contributed by atoms with E-state index in [-0.39, 0.29) is 5.91 Å². The number of carbonyl (C=O) groups is 1. The molecule has 0 radical (unpaired) electrons. The number of anilines is 1. The highest BCUT2D eigenvalue weighted by atomic mass is 16.2. The largest absolute Gasteiger partial charge is 0.307 e. The topological polar surface area (TPSA) is 20.3 Å². The number of fused-ring (bicyclic) bond motifs is 1. The highest BCUT2D eigenvalue weighted by Crippen LogP contribution is 2.47. The number of hydrogen-bond donors (Lipinski definition) is 0. The Kier molecular flexibility index (Phi) is 3.69. The summed E-state index contributed by atoms with van der Waals surface area (Å²) >= 11 is 0. The van der Waals surface area contributed by atoms with Crippen LogP contribution in [-0.2, 0) is 16.8 Å². The van der Waals surface area contributed by atoms with Gasteiger partial charge in [0.25, 0.3) is 0 Å². The number of rotatable bonds is 3. The van der Waals surface area contributed by atoms with Gasteiger partial charge in [-0.1, -0.05) is 72.8 Å². The predicted molar refractivity (Wildman–Crippen MR) is 102 cm³/mol. The molecule has 1 aliphatic heterocycles. The summed E-state index contributed by atoms with van der Waals surface area (Å²) in [6.45, 7) is 4.73. The Labute approximate surface area is 148 Å². The number of para-hydroxylation sites is 1. The third kappa shape index (κ3) is 2.37. The molecule has 2 heteroatoms. The number of amides is 1. The van der Waals surface area contributed by atoms with Crippen molar-refractivity contribution in [3.05, 3.63) is 101 Å². The summed E-state index contributed by atoms with van der Waals surface area (Å²) in [6, 6.07) is 26.5. The molecule has 0 saturated carbocycles. The zero-order valence-corrected chi connectivity index (χ0v) is 14.6. The standard InChI is InChI=1S/C23H21NO/c1-17-10-6-7-13-19(17)23(2)20-14-8-9-15-21(20)24(22(23)25)16-18-11-4-3-5-12-18/h3-15H,16H2,1-2H3. The third-order valence-corrected chi connectivity index (χ3v) is 5.27. The lowest BCUT2D eigenvalue weighted by Gasteiger charge is -2.26. The first-order valence-corrected chi connectivity index (χ1v) is 8.64. The number of aryl methyl sites for hydroxylation is 1. The molecule has 0 spiro atoms. The van der Waals surface area contributed by atoms with Gasteiger partial charge in [0.15, 0.2) is 0 Å². The molecule has 4 rings (SSSR count). The fourth-order valence-corrected chi connectivity index (χ4v) is 3.94. The normalized spacial score (nSPS) is 19.1. The van der Waals surface area contributed by atoms with Crippen molar-refractivity contribution in [2.75, 3.05) is 4.90 Å². The van der Waals surface area contributed by atoms with Gasteiger partial charge in [-0.25, -0.2) is 0 Å². The molecule has 3 aromatic carbocycles.